The van der Waals surface area contributed by atoms with E-state index < -0.39 is 10.2 Å². The fourth-order valence-corrected chi connectivity index (χ4v) is 3.59. The molecule has 0 atom stereocenters. The van der Waals surface area contributed by atoms with Gasteiger partial charge >= 0.3 is 10.2 Å². The van der Waals surface area contributed by atoms with Crippen molar-refractivity contribution in [1.82, 2.24) is 0 Å². The third-order valence-corrected chi connectivity index (χ3v) is 4.89. The number of benzene rings is 1. The van der Waals surface area contributed by atoms with E-state index in [1.165, 1.54) is 37.8 Å². The molecular formula is C11H13FO2S2. The molecule has 0 aliphatic heterocycles. The van der Waals surface area contributed by atoms with Crippen LogP contribution in [0.2, 0.25) is 0 Å². The van der Waals surface area contributed by atoms with Crippen LogP contribution in [0, 0.1) is 0 Å². The predicted molar refractivity (Wildman–Crippen MR) is 62.8 cm³/mol. The zero-order chi connectivity index (χ0) is 11.6. The van der Waals surface area contributed by atoms with E-state index in [0.717, 1.165) is 4.90 Å². The summed E-state index contributed by atoms with van der Waals surface area (Å²) in [4.78, 5) is 0.752. The third kappa shape index (κ3) is 2.98. The minimum Gasteiger partial charge on any atom is -0.189 e. The van der Waals surface area contributed by atoms with Gasteiger partial charge in [0.1, 0.15) is 0 Å². The van der Waals surface area contributed by atoms with Gasteiger partial charge in [-0.15, -0.1) is 15.6 Å². The van der Waals surface area contributed by atoms with Crippen molar-refractivity contribution in [2.24, 2.45) is 0 Å². The number of halogens is 1. The molecule has 5 heteroatoms. The summed E-state index contributed by atoms with van der Waals surface area (Å²) in [5.74, 6) is 0. The maximum atomic E-state index is 12.6. The van der Waals surface area contributed by atoms with E-state index in [2.05, 4.69) is 0 Å². The summed E-state index contributed by atoms with van der Waals surface area (Å²) in [6.07, 6.45) is 4.98. The van der Waals surface area contributed by atoms with Gasteiger partial charge in [-0.3, -0.25) is 0 Å². The monoisotopic (exact) mass is 260 g/mol. The van der Waals surface area contributed by atoms with Crippen molar-refractivity contribution < 1.29 is 12.3 Å². The van der Waals surface area contributed by atoms with Crippen molar-refractivity contribution in [3.63, 3.8) is 0 Å². The van der Waals surface area contributed by atoms with Crippen LogP contribution in [-0.4, -0.2) is 13.7 Å². The van der Waals surface area contributed by atoms with E-state index in [1.807, 2.05) is 0 Å². The molecule has 88 valence electrons. The minimum absolute atomic E-state index is 0.261. The Kier molecular flexibility index (Phi) is 3.54. The number of rotatable bonds is 3. The lowest BCUT2D eigenvalue weighted by molar-refractivity contribution is 0.552. The predicted octanol–water partition coefficient (Wildman–Crippen LogP) is 3.38. The normalized spacial score (nSPS) is 17.8. The first kappa shape index (κ1) is 11.9. The Bertz CT molecular complexity index is 447. The smallest absolute Gasteiger partial charge is 0.189 e. The van der Waals surface area contributed by atoms with E-state index in [-0.39, 0.29) is 4.90 Å². The molecule has 0 unspecified atom stereocenters. The molecule has 0 bridgehead atoms. The quantitative estimate of drug-likeness (QED) is 0.781. The average molecular weight is 260 g/mol. The van der Waals surface area contributed by atoms with Crippen LogP contribution >= 0.6 is 11.8 Å². The SMILES string of the molecule is O=S(=O)(F)c1ccc(SC2CCCC2)cc1. The van der Waals surface area contributed by atoms with Gasteiger partial charge in [0, 0.05) is 10.1 Å². The summed E-state index contributed by atoms with van der Waals surface area (Å²) in [5.41, 5.74) is 0. The average Bonchev–Trinajstić information content (AvgIpc) is 2.70. The van der Waals surface area contributed by atoms with E-state index in [4.69, 9.17) is 0 Å². The first-order valence-electron chi connectivity index (χ1n) is 5.27. The molecule has 2 rings (SSSR count). The standard InChI is InChI=1S/C11H13FO2S2/c12-16(13,14)11-7-5-10(6-8-11)15-9-3-1-2-4-9/h5-9H,1-4H2. The van der Waals surface area contributed by atoms with Gasteiger partial charge in [-0.1, -0.05) is 12.8 Å². The summed E-state index contributed by atoms with van der Waals surface area (Å²) in [6.45, 7) is 0. The van der Waals surface area contributed by atoms with Crippen LogP contribution in [0.4, 0.5) is 3.89 Å². The van der Waals surface area contributed by atoms with Crippen LogP contribution in [-0.2, 0) is 10.2 Å². The molecule has 0 heterocycles. The van der Waals surface area contributed by atoms with Crippen LogP contribution in [0.1, 0.15) is 25.7 Å². The molecule has 2 nitrogen and oxygen atoms in total. The van der Waals surface area contributed by atoms with Crippen molar-refractivity contribution in [3.05, 3.63) is 24.3 Å². The highest BCUT2D eigenvalue weighted by atomic mass is 32.3. The Balaban J connectivity index is 2.07. The second-order valence-corrected chi connectivity index (χ2v) is 6.65. The molecule has 0 aromatic heterocycles. The number of thioether (sulfide) groups is 1. The van der Waals surface area contributed by atoms with Crippen LogP contribution in [0.25, 0.3) is 0 Å². The summed E-state index contributed by atoms with van der Waals surface area (Å²) < 4.78 is 33.9. The Morgan fingerprint density at radius 2 is 1.69 bits per heavy atom. The topological polar surface area (TPSA) is 34.1 Å². The molecule has 1 aliphatic carbocycles. The highest BCUT2D eigenvalue weighted by Gasteiger charge is 2.17. The first-order valence-corrected chi connectivity index (χ1v) is 7.53. The Labute approximate surface area is 99.5 Å². The lowest BCUT2D eigenvalue weighted by atomic mass is 10.4. The van der Waals surface area contributed by atoms with Gasteiger partial charge in [-0.2, -0.15) is 8.42 Å². The largest absolute Gasteiger partial charge is 0.332 e. The maximum Gasteiger partial charge on any atom is 0.332 e. The van der Waals surface area contributed by atoms with Gasteiger partial charge < -0.3 is 0 Å². The third-order valence-electron chi connectivity index (χ3n) is 2.71. The molecule has 1 aromatic rings. The van der Waals surface area contributed by atoms with Crippen molar-refractivity contribution >= 4 is 22.0 Å². The zero-order valence-corrected chi connectivity index (χ0v) is 10.4. The lowest BCUT2D eigenvalue weighted by Gasteiger charge is -2.08. The first-order chi connectivity index (χ1) is 7.55. The molecule has 0 spiro atoms. The molecule has 1 saturated carbocycles. The second kappa shape index (κ2) is 4.75. The molecule has 0 radical (unpaired) electrons. The fraction of sp³-hybridized carbons (Fsp3) is 0.455. The van der Waals surface area contributed by atoms with E-state index >= 15 is 0 Å². The van der Waals surface area contributed by atoms with E-state index in [1.54, 1.807) is 23.9 Å². The summed E-state index contributed by atoms with van der Waals surface area (Å²) in [7, 11) is -4.56. The Morgan fingerprint density at radius 3 is 2.19 bits per heavy atom. The molecule has 16 heavy (non-hydrogen) atoms. The molecule has 1 aromatic carbocycles. The van der Waals surface area contributed by atoms with Crippen molar-refractivity contribution in [1.29, 1.82) is 0 Å². The van der Waals surface area contributed by atoms with Crippen LogP contribution in [0.15, 0.2) is 34.1 Å². The fourth-order valence-electron chi connectivity index (χ4n) is 1.88. The summed E-state index contributed by atoms with van der Waals surface area (Å²) in [5, 5.41) is 0.632. The summed E-state index contributed by atoms with van der Waals surface area (Å²) >= 11 is 1.75. The Morgan fingerprint density at radius 1 is 1.12 bits per heavy atom. The van der Waals surface area contributed by atoms with Gasteiger partial charge in [0.2, 0.25) is 0 Å². The van der Waals surface area contributed by atoms with Gasteiger partial charge in [0.25, 0.3) is 0 Å². The highest BCUT2D eigenvalue weighted by molar-refractivity contribution is 8.00. The van der Waals surface area contributed by atoms with Gasteiger partial charge in [0.15, 0.2) is 0 Å². The molecule has 1 fully saturated rings. The lowest BCUT2D eigenvalue weighted by Crippen LogP contribution is -1.94. The van der Waals surface area contributed by atoms with E-state index in [0.29, 0.717) is 5.25 Å². The van der Waals surface area contributed by atoms with Crippen LogP contribution in [0.5, 0.6) is 0 Å². The maximum absolute atomic E-state index is 12.6. The highest BCUT2D eigenvalue weighted by Crippen LogP contribution is 2.34. The van der Waals surface area contributed by atoms with Crippen LogP contribution in [0.3, 0.4) is 0 Å². The van der Waals surface area contributed by atoms with Crippen LogP contribution < -0.4 is 0 Å². The van der Waals surface area contributed by atoms with Gasteiger partial charge in [-0.25, -0.2) is 0 Å². The zero-order valence-electron chi connectivity index (χ0n) is 8.73. The van der Waals surface area contributed by atoms with Crippen molar-refractivity contribution in [3.8, 4) is 0 Å². The molecule has 0 N–H and O–H groups in total. The number of hydrogen-bond acceptors (Lipinski definition) is 3. The van der Waals surface area contributed by atoms with Crippen molar-refractivity contribution in [2.45, 2.75) is 40.7 Å². The molecule has 1 aliphatic rings. The number of hydrogen-bond donors (Lipinski definition) is 0. The Hall–Kier alpha value is -0.550. The van der Waals surface area contributed by atoms with Crippen molar-refractivity contribution in [2.75, 3.05) is 0 Å². The summed E-state index contributed by atoms with van der Waals surface area (Å²) in [6, 6.07) is 6.00. The molecule has 0 amide bonds. The second-order valence-electron chi connectivity index (χ2n) is 3.93. The van der Waals surface area contributed by atoms with E-state index in [9.17, 15) is 12.3 Å². The van der Waals surface area contributed by atoms with Gasteiger partial charge in [-0.05, 0) is 37.1 Å². The molecular weight excluding hydrogens is 247 g/mol. The molecule has 0 saturated heterocycles. The minimum atomic E-state index is -4.56. The van der Waals surface area contributed by atoms with Gasteiger partial charge in [0.05, 0.1) is 4.90 Å².